The van der Waals surface area contributed by atoms with Gasteiger partial charge in [-0.3, -0.25) is 14.4 Å². The van der Waals surface area contributed by atoms with Crippen LogP contribution in [0.3, 0.4) is 0 Å². The molecule has 3 aliphatic rings. The molecule has 10 nitrogen and oxygen atoms in total. The lowest BCUT2D eigenvalue weighted by Gasteiger charge is -2.41. The third kappa shape index (κ3) is 5.06. The van der Waals surface area contributed by atoms with Crippen molar-refractivity contribution in [2.75, 3.05) is 6.54 Å². The largest absolute Gasteiger partial charge is 0.503 e. The maximum Gasteiger partial charge on any atom is 0.274 e. The van der Waals surface area contributed by atoms with E-state index in [1.54, 1.807) is 4.90 Å². The molecule has 1 aromatic carbocycles. The van der Waals surface area contributed by atoms with E-state index in [2.05, 4.69) is 22.3 Å². The van der Waals surface area contributed by atoms with Crippen molar-refractivity contribution in [3.63, 3.8) is 0 Å². The number of aromatic nitrogens is 1. The van der Waals surface area contributed by atoms with E-state index in [1.807, 2.05) is 6.92 Å². The van der Waals surface area contributed by atoms with E-state index in [1.165, 1.54) is 31.5 Å². The highest BCUT2D eigenvalue weighted by Gasteiger charge is 2.54. The van der Waals surface area contributed by atoms with Crippen LogP contribution in [0.4, 0.5) is 8.78 Å². The zero-order valence-corrected chi connectivity index (χ0v) is 23.0. The maximum atomic E-state index is 14.3. The SMILES string of the molecule is Cc1cc(F)c(CNC(=O)c2cn3c(c(O)c2=O)C(=O)N2C[C@@H]3[C@]3(CC[C@@H]2C)CC(C#CC(C)(C)O)=NO3)c(F)c1. The van der Waals surface area contributed by atoms with Gasteiger partial charge in [0.15, 0.2) is 17.0 Å². The number of benzene rings is 1. The number of hydrogen-bond donors (Lipinski definition) is 3. The fraction of sp³-hybridized carbons (Fsp3) is 0.448. The summed E-state index contributed by atoms with van der Waals surface area (Å²) >= 11 is 0. The molecule has 4 heterocycles. The second kappa shape index (κ2) is 9.99. The van der Waals surface area contributed by atoms with Crippen molar-refractivity contribution >= 4 is 17.5 Å². The van der Waals surface area contributed by atoms with Crippen LogP contribution < -0.4 is 10.7 Å². The highest BCUT2D eigenvalue weighted by molar-refractivity contribution is 6.02. The third-order valence-corrected chi connectivity index (χ3v) is 7.78. The molecule has 1 fully saturated rings. The predicted molar refractivity (Wildman–Crippen MR) is 143 cm³/mol. The lowest BCUT2D eigenvalue weighted by molar-refractivity contribution is -0.0655. The zero-order chi connectivity index (χ0) is 29.9. The number of carbonyl (C=O) groups is 2. The van der Waals surface area contributed by atoms with E-state index in [0.29, 0.717) is 24.1 Å². The smallest absolute Gasteiger partial charge is 0.274 e. The second-order valence-electron chi connectivity index (χ2n) is 11.4. The van der Waals surface area contributed by atoms with Gasteiger partial charge in [-0.15, -0.1) is 0 Å². The Bertz CT molecular complexity index is 1590. The number of rotatable bonds is 3. The topological polar surface area (TPSA) is 133 Å². The minimum Gasteiger partial charge on any atom is -0.503 e. The summed E-state index contributed by atoms with van der Waals surface area (Å²) in [5.74, 6) is 1.38. The Labute approximate surface area is 234 Å². The van der Waals surface area contributed by atoms with Crippen molar-refractivity contribution in [1.82, 2.24) is 14.8 Å². The van der Waals surface area contributed by atoms with Crippen molar-refractivity contribution in [3.05, 3.63) is 62.6 Å². The molecule has 3 atom stereocenters. The molecule has 0 radical (unpaired) electrons. The van der Waals surface area contributed by atoms with Crippen LogP contribution in [0, 0.1) is 30.4 Å². The van der Waals surface area contributed by atoms with E-state index < -0.39 is 64.0 Å². The first-order chi connectivity index (χ1) is 19.2. The lowest BCUT2D eigenvalue weighted by Crippen LogP contribution is -2.52. The van der Waals surface area contributed by atoms with Crippen molar-refractivity contribution in [2.24, 2.45) is 5.16 Å². The average Bonchev–Trinajstić information content (AvgIpc) is 3.26. The molecule has 2 amide bonds. The van der Waals surface area contributed by atoms with Gasteiger partial charge in [0.05, 0.1) is 6.04 Å². The first kappa shape index (κ1) is 28.3. The molecule has 3 N–H and O–H groups in total. The van der Waals surface area contributed by atoms with E-state index >= 15 is 0 Å². The predicted octanol–water partition coefficient (Wildman–Crippen LogP) is 2.54. The maximum absolute atomic E-state index is 14.3. The molecule has 1 aromatic heterocycles. The van der Waals surface area contributed by atoms with E-state index in [4.69, 9.17) is 4.84 Å². The summed E-state index contributed by atoms with van der Waals surface area (Å²) in [6, 6.07) is 1.33. The van der Waals surface area contributed by atoms with Crippen LogP contribution in [0.1, 0.15) is 78.0 Å². The number of nitrogens with one attached hydrogen (secondary N) is 1. The number of pyridine rings is 1. The van der Waals surface area contributed by atoms with E-state index in [-0.39, 0.29) is 30.3 Å². The number of oxime groups is 1. The standard InChI is InChI=1S/C29H30F2N4O6/c1-15-9-20(30)18(21(31)10-15)12-32-26(38)19-13-35-22-14-34(27(39)23(35)25(37)24(19)36)16(2)5-8-29(22)11-17(33-41-29)6-7-28(3,4)40/h9-10,13,16,22,37,40H,5,8,11-12,14H2,1-4H3,(H,32,38)/t16-,22+,29-/m0/s1. The van der Waals surface area contributed by atoms with Crippen LogP contribution in [-0.4, -0.2) is 61.0 Å². The van der Waals surface area contributed by atoms with Gasteiger partial charge < -0.3 is 29.8 Å². The van der Waals surface area contributed by atoms with Gasteiger partial charge >= 0.3 is 0 Å². The number of aromatic hydroxyl groups is 1. The summed E-state index contributed by atoms with van der Waals surface area (Å²) in [5, 5.41) is 27.4. The van der Waals surface area contributed by atoms with E-state index in [0.717, 1.165) is 12.1 Å². The van der Waals surface area contributed by atoms with E-state index in [9.17, 15) is 33.4 Å². The Hall–Kier alpha value is -4.24. The number of nitrogens with zero attached hydrogens (tertiary/aromatic N) is 3. The number of halogens is 2. The summed E-state index contributed by atoms with van der Waals surface area (Å²) in [6.07, 6.45) is 2.38. The average molecular weight is 569 g/mol. The van der Waals surface area contributed by atoms with Gasteiger partial charge in [0.2, 0.25) is 5.43 Å². The molecular formula is C29H30F2N4O6. The van der Waals surface area contributed by atoms with Gasteiger partial charge in [-0.2, -0.15) is 0 Å². The number of fused-ring (bicyclic) bond motifs is 5. The van der Waals surface area contributed by atoms with Crippen LogP contribution in [0.2, 0.25) is 0 Å². The molecule has 1 saturated heterocycles. The first-order valence-electron chi connectivity index (χ1n) is 13.2. The molecule has 216 valence electrons. The van der Waals surface area contributed by atoms with Crippen molar-refractivity contribution < 1.29 is 33.4 Å². The minimum atomic E-state index is -1.26. The number of amides is 2. The third-order valence-electron chi connectivity index (χ3n) is 7.78. The number of aryl methyl sites for hydroxylation is 1. The monoisotopic (exact) mass is 568 g/mol. The Balaban J connectivity index is 1.53. The van der Waals surface area contributed by atoms with Gasteiger partial charge in [0.25, 0.3) is 11.8 Å². The molecule has 2 aromatic rings. The van der Waals surface area contributed by atoms with Gasteiger partial charge in [-0.1, -0.05) is 11.1 Å². The molecule has 12 heteroatoms. The highest BCUT2D eigenvalue weighted by atomic mass is 19.1. The zero-order valence-electron chi connectivity index (χ0n) is 23.0. The van der Waals surface area contributed by atoms with Gasteiger partial charge in [-0.05, 0) is 64.2 Å². The van der Waals surface area contributed by atoms with Crippen LogP contribution >= 0.6 is 0 Å². The lowest BCUT2D eigenvalue weighted by atomic mass is 9.84. The van der Waals surface area contributed by atoms with Gasteiger partial charge in [0, 0.05) is 37.3 Å². The van der Waals surface area contributed by atoms with Crippen LogP contribution in [0.25, 0.3) is 0 Å². The molecule has 2 bridgehead atoms. The van der Waals surface area contributed by atoms with Crippen LogP contribution in [0.15, 0.2) is 28.3 Å². The molecule has 1 spiro atoms. The highest BCUT2D eigenvalue weighted by Crippen LogP contribution is 2.46. The minimum absolute atomic E-state index is 0.151. The molecule has 0 aliphatic carbocycles. The van der Waals surface area contributed by atoms with Gasteiger partial charge in [0.1, 0.15) is 28.5 Å². The van der Waals surface area contributed by atoms with Crippen molar-refractivity contribution in [2.45, 2.75) is 76.8 Å². The molecule has 0 unspecified atom stereocenters. The van der Waals surface area contributed by atoms with Gasteiger partial charge in [-0.25, -0.2) is 8.78 Å². The number of carbonyl (C=O) groups excluding carboxylic acids is 2. The fourth-order valence-corrected chi connectivity index (χ4v) is 5.57. The number of hydrogen-bond acceptors (Lipinski definition) is 7. The Morgan fingerprint density at radius 1 is 1.29 bits per heavy atom. The van der Waals surface area contributed by atoms with Crippen LogP contribution in [-0.2, 0) is 11.4 Å². The van der Waals surface area contributed by atoms with Crippen molar-refractivity contribution in [1.29, 1.82) is 0 Å². The molecule has 5 rings (SSSR count). The Morgan fingerprint density at radius 2 is 1.98 bits per heavy atom. The normalized spacial score (nSPS) is 23.2. The molecule has 0 saturated carbocycles. The molecule has 3 aliphatic heterocycles. The quantitative estimate of drug-likeness (QED) is 0.488. The molecule has 41 heavy (non-hydrogen) atoms. The summed E-state index contributed by atoms with van der Waals surface area (Å²) in [6.45, 7) is 6.06. The van der Waals surface area contributed by atoms with Crippen LogP contribution in [0.5, 0.6) is 5.75 Å². The Morgan fingerprint density at radius 3 is 2.63 bits per heavy atom. The Kier molecular flexibility index (Phi) is 6.90. The second-order valence-corrected chi connectivity index (χ2v) is 11.4. The van der Waals surface area contributed by atoms with Crippen molar-refractivity contribution in [3.8, 4) is 17.6 Å². The summed E-state index contributed by atoms with van der Waals surface area (Å²) < 4.78 is 30.0. The summed E-state index contributed by atoms with van der Waals surface area (Å²) in [5.41, 5.74) is -3.79. The first-order valence-corrected chi connectivity index (χ1v) is 13.2. The summed E-state index contributed by atoms with van der Waals surface area (Å²) in [4.78, 5) is 47.2. The number of aliphatic hydroxyl groups is 1. The molecular weight excluding hydrogens is 538 g/mol. The summed E-state index contributed by atoms with van der Waals surface area (Å²) in [7, 11) is 0. The fourth-order valence-electron chi connectivity index (χ4n) is 5.57.